The van der Waals surface area contributed by atoms with Crippen LogP contribution in [0.2, 0.25) is 0 Å². The Morgan fingerprint density at radius 3 is 3.18 bits per heavy atom. The third-order valence-corrected chi connectivity index (χ3v) is 2.66. The Balaban J connectivity index is 1.85. The van der Waals surface area contributed by atoms with E-state index in [4.69, 9.17) is 14.9 Å². The van der Waals surface area contributed by atoms with Crippen LogP contribution < -0.4 is 11.1 Å². The first-order valence-electron chi connectivity index (χ1n) is 5.77. The summed E-state index contributed by atoms with van der Waals surface area (Å²) < 4.78 is 10.5. The van der Waals surface area contributed by atoms with E-state index in [2.05, 4.69) is 10.3 Å². The zero-order chi connectivity index (χ0) is 12.3. The largest absolute Gasteiger partial charge is 0.446 e. The van der Waals surface area contributed by atoms with Crippen molar-refractivity contribution in [3.8, 4) is 0 Å². The van der Waals surface area contributed by atoms with E-state index in [1.165, 1.54) is 6.26 Å². The number of nitrogens with zero attached hydrogens (tertiary/aromatic N) is 1. The lowest BCUT2D eigenvalue weighted by Gasteiger charge is -2.09. The maximum Gasteiger partial charge on any atom is 0.273 e. The molecule has 6 nitrogen and oxygen atoms in total. The second-order valence-electron chi connectivity index (χ2n) is 4.20. The van der Waals surface area contributed by atoms with Crippen molar-refractivity contribution in [2.24, 2.45) is 5.73 Å². The van der Waals surface area contributed by atoms with Crippen LogP contribution in [0.3, 0.4) is 0 Å². The number of nitrogens with two attached hydrogens (primary N) is 1. The minimum atomic E-state index is -0.310. The highest BCUT2D eigenvalue weighted by molar-refractivity contribution is 5.91. The molecule has 1 aliphatic rings. The number of hydrogen-bond acceptors (Lipinski definition) is 5. The lowest BCUT2D eigenvalue weighted by molar-refractivity contribution is 0.0853. The molecule has 3 N–H and O–H groups in total. The minimum absolute atomic E-state index is 0.124. The van der Waals surface area contributed by atoms with E-state index in [0.29, 0.717) is 12.4 Å². The zero-order valence-electron chi connectivity index (χ0n) is 9.81. The molecule has 2 rings (SSSR count). The van der Waals surface area contributed by atoms with Gasteiger partial charge in [-0.2, -0.15) is 0 Å². The van der Waals surface area contributed by atoms with Crippen LogP contribution in [0, 0.1) is 0 Å². The van der Waals surface area contributed by atoms with Gasteiger partial charge in [0, 0.05) is 13.2 Å². The van der Waals surface area contributed by atoms with Gasteiger partial charge < -0.3 is 20.2 Å². The summed E-state index contributed by atoms with van der Waals surface area (Å²) in [5.41, 5.74) is 5.85. The van der Waals surface area contributed by atoms with Crippen LogP contribution in [-0.4, -0.2) is 30.1 Å². The predicted octanol–water partition coefficient (Wildman–Crippen LogP) is 0.603. The SMILES string of the molecule is CC(N)c1nc(C(=O)NCC2CCCO2)co1. The van der Waals surface area contributed by atoms with Gasteiger partial charge in [-0.3, -0.25) is 4.79 Å². The molecule has 0 spiro atoms. The van der Waals surface area contributed by atoms with Gasteiger partial charge in [-0.15, -0.1) is 0 Å². The number of hydrogen-bond donors (Lipinski definition) is 2. The second-order valence-corrected chi connectivity index (χ2v) is 4.20. The first-order chi connectivity index (χ1) is 8.16. The van der Waals surface area contributed by atoms with Crippen molar-refractivity contribution in [1.82, 2.24) is 10.3 Å². The predicted molar refractivity (Wildman–Crippen MR) is 60.4 cm³/mol. The van der Waals surface area contributed by atoms with Crippen molar-refractivity contribution in [3.63, 3.8) is 0 Å². The van der Waals surface area contributed by atoms with Crippen LogP contribution in [0.25, 0.3) is 0 Å². The highest BCUT2D eigenvalue weighted by Gasteiger charge is 2.18. The molecule has 2 heterocycles. The molecule has 1 aromatic rings. The second kappa shape index (κ2) is 5.29. The van der Waals surface area contributed by atoms with Gasteiger partial charge in [0.05, 0.1) is 12.1 Å². The Labute approximate surface area is 99.5 Å². The lowest BCUT2D eigenvalue weighted by Crippen LogP contribution is -2.32. The number of amides is 1. The van der Waals surface area contributed by atoms with E-state index in [1.54, 1.807) is 6.92 Å². The topological polar surface area (TPSA) is 90.4 Å². The van der Waals surface area contributed by atoms with Crippen molar-refractivity contribution in [1.29, 1.82) is 0 Å². The highest BCUT2D eigenvalue weighted by atomic mass is 16.5. The Hall–Kier alpha value is -1.40. The molecule has 2 atom stereocenters. The summed E-state index contributed by atoms with van der Waals surface area (Å²) in [5, 5.41) is 2.77. The van der Waals surface area contributed by atoms with Crippen LogP contribution >= 0.6 is 0 Å². The molecule has 1 amide bonds. The molecule has 0 bridgehead atoms. The van der Waals surface area contributed by atoms with Gasteiger partial charge >= 0.3 is 0 Å². The van der Waals surface area contributed by atoms with Crippen molar-refractivity contribution in [2.45, 2.75) is 31.9 Å². The Bertz CT molecular complexity index is 383. The average Bonchev–Trinajstić information content (AvgIpc) is 2.96. The summed E-state index contributed by atoms with van der Waals surface area (Å²) in [6.45, 7) is 3.04. The number of nitrogens with one attached hydrogen (secondary N) is 1. The van der Waals surface area contributed by atoms with E-state index >= 15 is 0 Å². The van der Waals surface area contributed by atoms with Gasteiger partial charge in [-0.25, -0.2) is 4.98 Å². The molecular formula is C11H17N3O3. The molecule has 6 heteroatoms. The molecule has 0 saturated carbocycles. The molecule has 1 fully saturated rings. The normalized spacial score (nSPS) is 21.4. The number of rotatable bonds is 4. The molecule has 17 heavy (non-hydrogen) atoms. The minimum Gasteiger partial charge on any atom is -0.446 e. The third kappa shape index (κ3) is 3.04. The van der Waals surface area contributed by atoms with E-state index < -0.39 is 0 Å². The first kappa shape index (κ1) is 12.1. The Morgan fingerprint density at radius 1 is 1.76 bits per heavy atom. The van der Waals surface area contributed by atoms with Gasteiger partial charge in [0.1, 0.15) is 6.26 Å². The number of carbonyl (C=O) groups is 1. The van der Waals surface area contributed by atoms with Crippen LogP contribution in [-0.2, 0) is 4.74 Å². The first-order valence-corrected chi connectivity index (χ1v) is 5.77. The van der Waals surface area contributed by atoms with Gasteiger partial charge in [0.15, 0.2) is 5.69 Å². The number of aromatic nitrogens is 1. The third-order valence-electron chi connectivity index (χ3n) is 2.66. The fourth-order valence-electron chi connectivity index (χ4n) is 1.70. The highest BCUT2D eigenvalue weighted by Crippen LogP contribution is 2.11. The molecule has 0 aliphatic carbocycles. The fourth-order valence-corrected chi connectivity index (χ4v) is 1.70. The smallest absolute Gasteiger partial charge is 0.273 e. The van der Waals surface area contributed by atoms with Crippen molar-refractivity contribution >= 4 is 5.91 Å². The van der Waals surface area contributed by atoms with Gasteiger partial charge in [0.2, 0.25) is 5.89 Å². The number of ether oxygens (including phenoxy) is 1. The monoisotopic (exact) mass is 239 g/mol. The maximum atomic E-state index is 11.7. The van der Waals surface area contributed by atoms with Crippen LogP contribution in [0.1, 0.15) is 42.2 Å². The summed E-state index contributed by atoms with van der Waals surface area (Å²) in [6, 6.07) is -0.310. The maximum absolute atomic E-state index is 11.7. The van der Waals surface area contributed by atoms with E-state index in [0.717, 1.165) is 19.4 Å². The van der Waals surface area contributed by atoms with Crippen LogP contribution in [0.4, 0.5) is 0 Å². The standard InChI is InChI=1S/C11H17N3O3/c1-7(12)11-14-9(6-17-11)10(15)13-5-8-3-2-4-16-8/h6-8H,2-5,12H2,1H3,(H,13,15). The summed E-state index contributed by atoms with van der Waals surface area (Å²) in [5.74, 6) is 0.114. The van der Waals surface area contributed by atoms with E-state index in [-0.39, 0.29) is 23.7 Å². The van der Waals surface area contributed by atoms with Crippen molar-refractivity contribution in [2.75, 3.05) is 13.2 Å². The fraction of sp³-hybridized carbons (Fsp3) is 0.636. The van der Waals surface area contributed by atoms with E-state index in [1.807, 2.05) is 0 Å². The summed E-state index contributed by atoms with van der Waals surface area (Å²) in [6.07, 6.45) is 3.49. The quantitative estimate of drug-likeness (QED) is 0.803. The molecule has 1 aliphatic heterocycles. The lowest BCUT2D eigenvalue weighted by atomic mass is 10.2. The molecule has 1 aromatic heterocycles. The van der Waals surface area contributed by atoms with Crippen LogP contribution in [0.5, 0.6) is 0 Å². The van der Waals surface area contributed by atoms with Gasteiger partial charge in [-0.1, -0.05) is 0 Å². The summed E-state index contributed by atoms with van der Waals surface area (Å²) in [4.78, 5) is 15.7. The molecule has 0 aromatic carbocycles. The van der Waals surface area contributed by atoms with E-state index in [9.17, 15) is 4.79 Å². The summed E-state index contributed by atoms with van der Waals surface area (Å²) in [7, 11) is 0. The zero-order valence-corrected chi connectivity index (χ0v) is 9.81. The van der Waals surface area contributed by atoms with Crippen molar-refractivity contribution in [3.05, 3.63) is 17.8 Å². The number of oxazole rings is 1. The average molecular weight is 239 g/mol. The number of carbonyl (C=O) groups excluding carboxylic acids is 1. The Morgan fingerprint density at radius 2 is 2.59 bits per heavy atom. The van der Waals surface area contributed by atoms with Crippen molar-refractivity contribution < 1.29 is 13.9 Å². The molecule has 0 radical (unpaired) electrons. The van der Waals surface area contributed by atoms with Gasteiger partial charge in [0.25, 0.3) is 5.91 Å². The van der Waals surface area contributed by atoms with Gasteiger partial charge in [-0.05, 0) is 19.8 Å². The van der Waals surface area contributed by atoms with Crippen LogP contribution in [0.15, 0.2) is 10.7 Å². The molecule has 2 unspecified atom stereocenters. The Kier molecular flexibility index (Phi) is 3.75. The molecule has 94 valence electrons. The molecule has 1 saturated heterocycles. The molecular weight excluding hydrogens is 222 g/mol. The summed E-state index contributed by atoms with van der Waals surface area (Å²) >= 11 is 0.